The molecule has 0 aromatic carbocycles. The third-order valence-electron chi connectivity index (χ3n) is 2.04. The van der Waals surface area contributed by atoms with Gasteiger partial charge in [-0.05, 0) is 12.3 Å². The number of nitrogens with two attached hydrogens (primary N) is 1. The summed E-state index contributed by atoms with van der Waals surface area (Å²) >= 11 is 0. The number of hydrogen-bond donors (Lipinski definition) is 3. The van der Waals surface area contributed by atoms with Crippen LogP contribution >= 0.6 is 0 Å². The summed E-state index contributed by atoms with van der Waals surface area (Å²) in [5.41, 5.74) is 5.62. The van der Waals surface area contributed by atoms with Gasteiger partial charge in [0.15, 0.2) is 0 Å². The molecule has 0 rings (SSSR count). The summed E-state index contributed by atoms with van der Waals surface area (Å²) < 4.78 is 23.8. The van der Waals surface area contributed by atoms with E-state index in [0.29, 0.717) is 19.5 Å². The van der Waals surface area contributed by atoms with Gasteiger partial charge in [-0.25, -0.2) is 13.1 Å². The van der Waals surface area contributed by atoms with Crippen LogP contribution in [0.25, 0.3) is 0 Å². The minimum absolute atomic E-state index is 0.0918. The summed E-state index contributed by atoms with van der Waals surface area (Å²) in [4.78, 5) is 11.4. The Morgan fingerprint density at radius 3 is 2.31 bits per heavy atom. The predicted octanol–water partition coefficient (Wildman–Crippen LogP) is -0.975. The Bertz CT molecular complexity index is 314. The van der Waals surface area contributed by atoms with Gasteiger partial charge in [-0.3, -0.25) is 4.79 Å². The standard InChI is InChI=1S/C9H21N3O3S/c1-7(2)8(10)9(13)11-5-4-6-12-16(3,14)15/h7-8,12H,4-6,10H2,1-3H3,(H,11,13)/t8-/m0/s1. The Labute approximate surface area is 97.0 Å². The van der Waals surface area contributed by atoms with E-state index in [9.17, 15) is 13.2 Å². The smallest absolute Gasteiger partial charge is 0.237 e. The second-order valence-corrected chi connectivity index (χ2v) is 5.91. The molecule has 0 spiro atoms. The predicted molar refractivity (Wildman–Crippen MR) is 63.3 cm³/mol. The van der Waals surface area contributed by atoms with Crippen molar-refractivity contribution in [1.82, 2.24) is 10.0 Å². The molecule has 0 fully saturated rings. The van der Waals surface area contributed by atoms with Gasteiger partial charge in [0.1, 0.15) is 0 Å². The van der Waals surface area contributed by atoms with Gasteiger partial charge in [0.2, 0.25) is 15.9 Å². The van der Waals surface area contributed by atoms with Crippen LogP contribution in [-0.2, 0) is 14.8 Å². The minimum Gasteiger partial charge on any atom is -0.355 e. The van der Waals surface area contributed by atoms with E-state index in [1.165, 1.54) is 0 Å². The van der Waals surface area contributed by atoms with Crippen molar-refractivity contribution in [3.8, 4) is 0 Å². The molecule has 0 aromatic rings. The van der Waals surface area contributed by atoms with E-state index < -0.39 is 16.1 Å². The normalized spacial score (nSPS) is 13.8. The fourth-order valence-electron chi connectivity index (χ4n) is 0.978. The monoisotopic (exact) mass is 251 g/mol. The van der Waals surface area contributed by atoms with Crippen LogP contribution in [0.5, 0.6) is 0 Å². The fraction of sp³-hybridized carbons (Fsp3) is 0.889. The van der Waals surface area contributed by atoms with Crippen molar-refractivity contribution in [1.29, 1.82) is 0 Å². The summed E-state index contributed by atoms with van der Waals surface area (Å²) in [7, 11) is -3.14. The molecule has 0 radical (unpaired) electrons. The zero-order chi connectivity index (χ0) is 12.8. The van der Waals surface area contributed by atoms with Crippen molar-refractivity contribution in [3.63, 3.8) is 0 Å². The number of carbonyl (C=O) groups is 1. The van der Waals surface area contributed by atoms with Gasteiger partial charge < -0.3 is 11.1 Å². The van der Waals surface area contributed by atoms with Gasteiger partial charge in [0.05, 0.1) is 12.3 Å². The lowest BCUT2D eigenvalue weighted by Crippen LogP contribution is -2.44. The first-order chi connectivity index (χ1) is 7.24. The van der Waals surface area contributed by atoms with Crippen molar-refractivity contribution in [2.45, 2.75) is 26.3 Å². The maximum atomic E-state index is 11.4. The number of amides is 1. The average molecular weight is 251 g/mol. The van der Waals surface area contributed by atoms with Gasteiger partial charge in [0, 0.05) is 13.1 Å². The Morgan fingerprint density at radius 2 is 1.88 bits per heavy atom. The highest BCUT2D eigenvalue weighted by Gasteiger charge is 2.15. The second-order valence-electron chi connectivity index (χ2n) is 4.08. The summed E-state index contributed by atoms with van der Waals surface area (Å²) in [6, 6.07) is -0.511. The van der Waals surface area contributed by atoms with Gasteiger partial charge in [-0.2, -0.15) is 0 Å². The highest BCUT2D eigenvalue weighted by Crippen LogP contribution is 1.97. The van der Waals surface area contributed by atoms with E-state index >= 15 is 0 Å². The summed E-state index contributed by atoms with van der Waals surface area (Å²) in [5, 5.41) is 2.65. The van der Waals surface area contributed by atoms with Crippen LogP contribution in [0.4, 0.5) is 0 Å². The molecule has 1 amide bonds. The third kappa shape index (κ3) is 7.61. The van der Waals surface area contributed by atoms with Crippen LogP contribution in [0, 0.1) is 5.92 Å². The van der Waals surface area contributed by atoms with Gasteiger partial charge in [-0.15, -0.1) is 0 Å². The Morgan fingerprint density at radius 1 is 1.31 bits per heavy atom. The highest BCUT2D eigenvalue weighted by molar-refractivity contribution is 7.88. The van der Waals surface area contributed by atoms with Crippen LogP contribution in [0.3, 0.4) is 0 Å². The van der Waals surface area contributed by atoms with Crippen molar-refractivity contribution >= 4 is 15.9 Å². The molecule has 7 heteroatoms. The van der Waals surface area contributed by atoms with Crippen LogP contribution in [0.2, 0.25) is 0 Å². The molecule has 0 aliphatic carbocycles. The summed E-state index contributed by atoms with van der Waals surface area (Å²) in [6.45, 7) is 4.47. The number of nitrogens with one attached hydrogen (secondary N) is 2. The highest BCUT2D eigenvalue weighted by atomic mass is 32.2. The lowest BCUT2D eigenvalue weighted by molar-refractivity contribution is -0.123. The van der Waals surface area contributed by atoms with E-state index in [-0.39, 0.29) is 11.8 Å². The van der Waals surface area contributed by atoms with E-state index in [1.54, 1.807) is 0 Å². The zero-order valence-electron chi connectivity index (χ0n) is 9.99. The van der Waals surface area contributed by atoms with Crippen molar-refractivity contribution in [2.75, 3.05) is 19.3 Å². The molecule has 96 valence electrons. The van der Waals surface area contributed by atoms with Crippen LogP contribution in [0.15, 0.2) is 0 Å². The molecule has 0 bridgehead atoms. The van der Waals surface area contributed by atoms with E-state index in [2.05, 4.69) is 10.0 Å². The Hall–Kier alpha value is -0.660. The maximum Gasteiger partial charge on any atom is 0.237 e. The molecular formula is C9H21N3O3S. The van der Waals surface area contributed by atoms with Gasteiger partial charge >= 0.3 is 0 Å². The van der Waals surface area contributed by atoms with Crippen LogP contribution < -0.4 is 15.8 Å². The largest absolute Gasteiger partial charge is 0.355 e. The lowest BCUT2D eigenvalue weighted by Gasteiger charge is -2.15. The molecule has 0 unspecified atom stereocenters. The average Bonchev–Trinajstić information content (AvgIpc) is 2.13. The second kappa shape index (κ2) is 6.82. The molecule has 4 N–H and O–H groups in total. The van der Waals surface area contributed by atoms with Crippen molar-refractivity contribution in [3.05, 3.63) is 0 Å². The van der Waals surface area contributed by atoms with E-state index in [4.69, 9.17) is 5.73 Å². The quantitative estimate of drug-likeness (QED) is 0.506. The number of carbonyl (C=O) groups excluding carboxylic acids is 1. The molecule has 0 saturated heterocycles. The van der Waals surface area contributed by atoms with Crippen LogP contribution in [-0.4, -0.2) is 39.7 Å². The van der Waals surface area contributed by atoms with Crippen LogP contribution in [0.1, 0.15) is 20.3 Å². The lowest BCUT2D eigenvalue weighted by atomic mass is 10.1. The van der Waals surface area contributed by atoms with Gasteiger partial charge in [-0.1, -0.05) is 13.8 Å². The molecule has 6 nitrogen and oxygen atoms in total. The SMILES string of the molecule is CC(C)[C@H](N)C(=O)NCCCNS(C)(=O)=O. The first-order valence-corrected chi connectivity index (χ1v) is 7.11. The molecule has 0 aromatic heterocycles. The molecular weight excluding hydrogens is 230 g/mol. The van der Waals surface area contributed by atoms with E-state index in [1.807, 2.05) is 13.8 Å². The first kappa shape index (κ1) is 15.3. The zero-order valence-corrected chi connectivity index (χ0v) is 10.8. The summed E-state index contributed by atoms with van der Waals surface area (Å²) in [6.07, 6.45) is 1.64. The molecule has 1 atom stereocenters. The number of hydrogen-bond acceptors (Lipinski definition) is 4. The van der Waals surface area contributed by atoms with Crippen molar-refractivity contribution < 1.29 is 13.2 Å². The number of rotatable bonds is 7. The first-order valence-electron chi connectivity index (χ1n) is 5.22. The Balaban J connectivity index is 3.64. The van der Waals surface area contributed by atoms with Crippen molar-refractivity contribution in [2.24, 2.45) is 11.7 Å². The maximum absolute atomic E-state index is 11.4. The Kier molecular flexibility index (Phi) is 6.54. The minimum atomic E-state index is -3.14. The topological polar surface area (TPSA) is 101 Å². The molecule has 0 saturated carbocycles. The molecule has 0 heterocycles. The summed E-state index contributed by atoms with van der Waals surface area (Å²) in [5.74, 6) is -0.108. The fourth-order valence-corrected chi connectivity index (χ4v) is 1.49. The number of sulfonamides is 1. The van der Waals surface area contributed by atoms with Gasteiger partial charge in [0.25, 0.3) is 0 Å². The molecule has 0 aliphatic rings. The molecule has 0 aliphatic heterocycles. The molecule has 16 heavy (non-hydrogen) atoms. The third-order valence-corrected chi connectivity index (χ3v) is 2.77. The van der Waals surface area contributed by atoms with E-state index in [0.717, 1.165) is 6.26 Å².